The average Bonchev–Trinajstić information content (AvgIpc) is 3.20. The van der Waals surface area contributed by atoms with Gasteiger partial charge in [0.2, 0.25) is 5.91 Å². The predicted molar refractivity (Wildman–Crippen MR) is 82.9 cm³/mol. The van der Waals surface area contributed by atoms with E-state index in [9.17, 15) is 9.59 Å². The van der Waals surface area contributed by atoms with Gasteiger partial charge >= 0.3 is 5.97 Å². The summed E-state index contributed by atoms with van der Waals surface area (Å²) >= 11 is 0. The number of hydrogen-bond donors (Lipinski definition) is 1. The molecule has 0 heterocycles. The first-order valence-corrected chi connectivity index (χ1v) is 8.11. The van der Waals surface area contributed by atoms with Crippen LogP contribution in [0.2, 0.25) is 0 Å². The Labute approximate surface area is 128 Å². The van der Waals surface area contributed by atoms with Gasteiger partial charge in [-0.25, -0.2) is 0 Å². The molecular formula is C16H30N2O3. The molecule has 1 unspecified atom stereocenters. The Morgan fingerprint density at radius 1 is 1.19 bits per heavy atom. The zero-order valence-electron chi connectivity index (χ0n) is 13.9. The smallest absolute Gasteiger partial charge is 0.320 e. The van der Waals surface area contributed by atoms with E-state index in [0.717, 1.165) is 25.7 Å². The second-order valence-electron chi connectivity index (χ2n) is 6.38. The van der Waals surface area contributed by atoms with Gasteiger partial charge in [0.05, 0.1) is 19.7 Å². The van der Waals surface area contributed by atoms with Gasteiger partial charge in [-0.15, -0.1) is 0 Å². The number of carbonyl (C=O) groups is 2. The molecule has 1 rings (SSSR count). The van der Waals surface area contributed by atoms with Crippen molar-refractivity contribution in [2.24, 2.45) is 5.92 Å². The van der Waals surface area contributed by atoms with Gasteiger partial charge in [-0.3, -0.25) is 14.5 Å². The molecule has 21 heavy (non-hydrogen) atoms. The minimum atomic E-state index is -0.245. The molecule has 1 fully saturated rings. The molecule has 0 spiro atoms. The standard InChI is InChI=1S/C16H30N2O3/c1-5-21-16(20)11-18(14-8-9-14)10-15(19)17-13(4)7-6-12(2)3/h12-14H,5-11H2,1-4H3,(H,17,19). The molecule has 1 N–H and O–H groups in total. The van der Waals surface area contributed by atoms with E-state index in [0.29, 0.717) is 18.6 Å². The molecule has 5 heteroatoms. The van der Waals surface area contributed by atoms with Crippen molar-refractivity contribution in [3.05, 3.63) is 0 Å². The first kappa shape index (κ1) is 18.0. The summed E-state index contributed by atoms with van der Waals surface area (Å²) in [5.41, 5.74) is 0. The van der Waals surface area contributed by atoms with Crippen molar-refractivity contribution in [1.29, 1.82) is 0 Å². The summed E-state index contributed by atoms with van der Waals surface area (Å²) in [6.07, 6.45) is 4.23. The summed E-state index contributed by atoms with van der Waals surface area (Å²) in [4.78, 5) is 25.6. The number of esters is 1. The van der Waals surface area contributed by atoms with Crippen LogP contribution < -0.4 is 5.32 Å². The number of amides is 1. The van der Waals surface area contributed by atoms with Crippen LogP contribution in [-0.2, 0) is 14.3 Å². The van der Waals surface area contributed by atoms with E-state index in [1.165, 1.54) is 0 Å². The fraction of sp³-hybridized carbons (Fsp3) is 0.875. The van der Waals surface area contributed by atoms with Crippen molar-refractivity contribution in [3.63, 3.8) is 0 Å². The third-order valence-electron chi connectivity index (χ3n) is 3.63. The summed E-state index contributed by atoms with van der Waals surface area (Å²) in [5, 5.41) is 3.02. The number of ether oxygens (including phenoxy) is 1. The van der Waals surface area contributed by atoms with Gasteiger partial charge in [0.25, 0.3) is 0 Å². The van der Waals surface area contributed by atoms with Crippen LogP contribution in [0.15, 0.2) is 0 Å². The number of nitrogens with one attached hydrogen (secondary N) is 1. The second kappa shape index (κ2) is 9.03. The third-order valence-corrected chi connectivity index (χ3v) is 3.63. The fourth-order valence-corrected chi connectivity index (χ4v) is 2.29. The van der Waals surface area contributed by atoms with Gasteiger partial charge in [0, 0.05) is 12.1 Å². The molecule has 1 atom stereocenters. The number of rotatable bonds is 10. The molecule has 5 nitrogen and oxygen atoms in total. The van der Waals surface area contributed by atoms with Crippen molar-refractivity contribution in [3.8, 4) is 0 Å². The molecule has 0 radical (unpaired) electrons. The number of hydrogen-bond acceptors (Lipinski definition) is 4. The molecule has 0 aliphatic heterocycles. The molecule has 0 aromatic carbocycles. The topological polar surface area (TPSA) is 58.6 Å². The van der Waals surface area contributed by atoms with Crippen molar-refractivity contribution in [1.82, 2.24) is 10.2 Å². The van der Waals surface area contributed by atoms with E-state index in [1.54, 1.807) is 6.92 Å². The quantitative estimate of drug-likeness (QED) is 0.626. The molecule has 122 valence electrons. The normalized spacial score (nSPS) is 16.1. The van der Waals surface area contributed by atoms with Crippen molar-refractivity contribution >= 4 is 11.9 Å². The minimum absolute atomic E-state index is 0.00227. The highest BCUT2D eigenvalue weighted by atomic mass is 16.5. The highest BCUT2D eigenvalue weighted by molar-refractivity contribution is 5.79. The largest absolute Gasteiger partial charge is 0.465 e. The van der Waals surface area contributed by atoms with E-state index in [4.69, 9.17) is 4.74 Å². The molecule has 0 bridgehead atoms. The van der Waals surface area contributed by atoms with Crippen LogP contribution in [0.4, 0.5) is 0 Å². The SMILES string of the molecule is CCOC(=O)CN(CC(=O)NC(C)CCC(C)C)C1CC1. The van der Waals surface area contributed by atoms with Crippen LogP contribution in [-0.4, -0.2) is 48.6 Å². The molecule has 0 aromatic heterocycles. The first-order chi connectivity index (χ1) is 9.92. The van der Waals surface area contributed by atoms with Crippen molar-refractivity contribution < 1.29 is 14.3 Å². The van der Waals surface area contributed by atoms with Crippen LogP contribution in [0.3, 0.4) is 0 Å². The molecular weight excluding hydrogens is 268 g/mol. The Morgan fingerprint density at radius 3 is 2.38 bits per heavy atom. The highest BCUT2D eigenvalue weighted by Gasteiger charge is 2.32. The fourth-order valence-electron chi connectivity index (χ4n) is 2.29. The Bertz CT molecular complexity index is 340. The molecule has 0 saturated heterocycles. The van der Waals surface area contributed by atoms with Gasteiger partial charge in [-0.1, -0.05) is 13.8 Å². The Balaban J connectivity index is 2.33. The van der Waals surface area contributed by atoms with E-state index in [2.05, 4.69) is 19.2 Å². The summed E-state index contributed by atoms with van der Waals surface area (Å²) in [6, 6.07) is 0.551. The second-order valence-corrected chi connectivity index (χ2v) is 6.38. The van der Waals surface area contributed by atoms with Gasteiger partial charge in [0.1, 0.15) is 0 Å². The third kappa shape index (κ3) is 8.05. The van der Waals surface area contributed by atoms with E-state index in [-0.39, 0.29) is 31.0 Å². The van der Waals surface area contributed by atoms with Crippen molar-refractivity contribution in [2.75, 3.05) is 19.7 Å². The maximum Gasteiger partial charge on any atom is 0.320 e. The predicted octanol–water partition coefficient (Wildman–Crippen LogP) is 1.95. The Morgan fingerprint density at radius 2 is 1.86 bits per heavy atom. The Hall–Kier alpha value is -1.10. The van der Waals surface area contributed by atoms with Crippen LogP contribution >= 0.6 is 0 Å². The maximum absolute atomic E-state index is 12.1. The van der Waals surface area contributed by atoms with Gasteiger partial charge in [0.15, 0.2) is 0 Å². The summed E-state index contributed by atoms with van der Waals surface area (Å²) in [6.45, 7) is 9.08. The zero-order chi connectivity index (χ0) is 15.8. The first-order valence-electron chi connectivity index (χ1n) is 8.11. The van der Waals surface area contributed by atoms with Crippen LogP contribution in [0.1, 0.15) is 53.4 Å². The highest BCUT2D eigenvalue weighted by Crippen LogP contribution is 2.26. The van der Waals surface area contributed by atoms with Crippen LogP contribution in [0.5, 0.6) is 0 Å². The van der Waals surface area contributed by atoms with Gasteiger partial charge in [-0.05, 0) is 45.4 Å². The van der Waals surface area contributed by atoms with Crippen molar-refractivity contribution in [2.45, 2.75) is 65.5 Å². The lowest BCUT2D eigenvalue weighted by Gasteiger charge is -2.22. The van der Waals surface area contributed by atoms with E-state index in [1.807, 2.05) is 11.8 Å². The molecule has 1 saturated carbocycles. The molecule has 0 aromatic rings. The van der Waals surface area contributed by atoms with Gasteiger partial charge < -0.3 is 10.1 Å². The summed E-state index contributed by atoms with van der Waals surface area (Å²) in [5.74, 6) is 0.406. The average molecular weight is 298 g/mol. The zero-order valence-corrected chi connectivity index (χ0v) is 13.9. The molecule has 1 aliphatic carbocycles. The lowest BCUT2D eigenvalue weighted by molar-refractivity contribution is -0.144. The van der Waals surface area contributed by atoms with Gasteiger partial charge in [-0.2, -0.15) is 0 Å². The monoisotopic (exact) mass is 298 g/mol. The van der Waals surface area contributed by atoms with E-state index < -0.39 is 0 Å². The number of carbonyl (C=O) groups excluding carboxylic acids is 2. The minimum Gasteiger partial charge on any atom is -0.465 e. The Kier molecular flexibility index (Phi) is 7.72. The van der Waals surface area contributed by atoms with Crippen LogP contribution in [0, 0.1) is 5.92 Å². The lowest BCUT2D eigenvalue weighted by Crippen LogP contribution is -2.44. The van der Waals surface area contributed by atoms with E-state index >= 15 is 0 Å². The summed E-state index contributed by atoms with van der Waals surface area (Å²) in [7, 11) is 0. The maximum atomic E-state index is 12.1. The molecule has 1 amide bonds. The molecule has 1 aliphatic rings. The summed E-state index contributed by atoms with van der Waals surface area (Å²) < 4.78 is 4.97. The lowest BCUT2D eigenvalue weighted by atomic mass is 10.0. The van der Waals surface area contributed by atoms with Crippen LogP contribution in [0.25, 0.3) is 0 Å². The number of nitrogens with zero attached hydrogens (tertiary/aromatic N) is 1.